The zero-order chi connectivity index (χ0) is 25.2. The van der Waals surface area contributed by atoms with Crippen LogP contribution < -0.4 is 20.1 Å². The third kappa shape index (κ3) is 4.60. The van der Waals surface area contributed by atoms with E-state index in [9.17, 15) is 9.18 Å². The summed E-state index contributed by atoms with van der Waals surface area (Å²) in [6, 6.07) is 18.0. The first-order valence-electron chi connectivity index (χ1n) is 11.0. The topological polar surface area (TPSA) is 90.3 Å². The lowest BCUT2D eigenvalue weighted by molar-refractivity contribution is 0.102. The lowest BCUT2D eigenvalue weighted by Gasteiger charge is -2.24. The molecule has 1 aliphatic heterocycles. The first-order chi connectivity index (χ1) is 17.4. The minimum Gasteiger partial charge on any atom is -0.493 e. The number of nitrogens with zero attached hydrogens (tertiary/aromatic N) is 3. The standard InChI is InChI=1S/C26H21ClFN5O3/c1-35-22-12-7-17(13-23(22)36-2)24(34)30-25-31-26-29-20(15-3-8-18(27)9-4-15)14-21(33(26)32-25)16-5-10-19(28)11-6-16/h3-14,21H,1-2H3,(H2,29,30,31,32,34). The molecule has 2 N–H and O–H groups in total. The van der Waals surface area contributed by atoms with Crippen LogP contribution in [0.2, 0.25) is 5.02 Å². The van der Waals surface area contributed by atoms with Crippen molar-refractivity contribution in [3.05, 3.63) is 100 Å². The number of amides is 1. The van der Waals surface area contributed by atoms with E-state index in [2.05, 4.69) is 20.7 Å². The van der Waals surface area contributed by atoms with Gasteiger partial charge < -0.3 is 14.8 Å². The van der Waals surface area contributed by atoms with Crippen LogP contribution in [-0.4, -0.2) is 34.9 Å². The molecule has 0 spiro atoms. The molecule has 1 aromatic heterocycles. The van der Waals surface area contributed by atoms with Crippen LogP contribution in [0.25, 0.3) is 5.70 Å². The lowest BCUT2D eigenvalue weighted by atomic mass is 10.0. The quantitative estimate of drug-likeness (QED) is 0.365. The number of carbonyl (C=O) groups excluding carboxylic acids is 1. The van der Waals surface area contributed by atoms with Gasteiger partial charge in [-0.3, -0.25) is 10.1 Å². The molecule has 0 bridgehead atoms. The number of ether oxygens (including phenoxy) is 2. The molecule has 1 unspecified atom stereocenters. The van der Waals surface area contributed by atoms with Crippen LogP contribution in [0.15, 0.2) is 72.8 Å². The number of aromatic nitrogens is 3. The molecule has 0 saturated heterocycles. The number of methoxy groups -OCH3 is 2. The molecule has 3 aromatic carbocycles. The Morgan fingerprint density at radius 2 is 1.75 bits per heavy atom. The van der Waals surface area contributed by atoms with Crippen molar-refractivity contribution in [2.24, 2.45) is 0 Å². The van der Waals surface area contributed by atoms with Gasteiger partial charge in [0, 0.05) is 16.3 Å². The minimum absolute atomic E-state index is 0.107. The van der Waals surface area contributed by atoms with E-state index in [0.29, 0.717) is 28.0 Å². The predicted octanol–water partition coefficient (Wildman–Crippen LogP) is 5.40. The monoisotopic (exact) mass is 505 g/mol. The van der Waals surface area contributed by atoms with Gasteiger partial charge in [-0.2, -0.15) is 4.98 Å². The van der Waals surface area contributed by atoms with Gasteiger partial charge in [-0.25, -0.2) is 9.07 Å². The van der Waals surface area contributed by atoms with Crippen LogP contribution in [0.5, 0.6) is 11.5 Å². The molecule has 1 aliphatic rings. The molecule has 0 radical (unpaired) electrons. The third-order valence-electron chi connectivity index (χ3n) is 5.70. The van der Waals surface area contributed by atoms with Crippen molar-refractivity contribution in [2.45, 2.75) is 6.04 Å². The average molecular weight is 506 g/mol. The molecular weight excluding hydrogens is 485 g/mol. The first kappa shape index (κ1) is 23.4. The van der Waals surface area contributed by atoms with E-state index in [-0.39, 0.29) is 11.8 Å². The Balaban J connectivity index is 1.48. The highest BCUT2D eigenvalue weighted by Crippen LogP contribution is 2.34. The summed E-state index contributed by atoms with van der Waals surface area (Å²) in [5, 5.41) is 11.1. The van der Waals surface area contributed by atoms with E-state index in [1.807, 2.05) is 18.2 Å². The fourth-order valence-electron chi connectivity index (χ4n) is 3.89. The van der Waals surface area contributed by atoms with Crippen molar-refractivity contribution < 1.29 is 18.7 Å². The van der Waals surface area contributed by atoms with Crippen molar-refractivity contribution in [2.75, 3.05) is 24.9 Å². The van der Waals surface area contributed by atoms with E-state index < -0.39 is 11.9 Å². The molecule has 1 amide bonds. The number of carbonyl (C=O) groups is 1. The largest absolute Gasteiger partial charge is 0.493 e. The maximum atomic E-state index is 13.6. The number of nitrogens with one attached hydrogen (secondary N) is 2. The molecule has 4 aromatic rings. The summed E-state index contributed by atoms with van der Waals surface area (Å²) in [5.74, 6) is 0.711. The molecule has 5 rings (SSSR count). The van der Waals surface area contributed by atoms with E-state index in [0.717, 1.165) is 16.8 Å². The zero-order valence-electron chi connectivity index (χ0n) is 19.3. The highest BCUT2D eigenvalue weighted by atomic mass is 35.5. The molecule has 2 heterocycles. The zero-order valence-corrected chi connectivity index (χ0v) is 20.1. The van der Waals surface area contributed by atoms with Crippen LogP contribution in [0.4, 0.5) is 16.3 Å². The van der Waals surface area contributed by atoms with E-state index in [1.54, 1.807) is 47.1 Å². The number of hydrogen-bond donors (Lipinski definition) is 2. The Morgan fingerprint density at radius 3 is 2.44 bits per heavy atom. The maximum Gasteiger partial charge on any atom is 0.258 e. The summed E-state index contributed by atoms with van der Waals surface area (Å²) >= 11 is 6.05. The van der Waals surface area contributed by atoms with Gasteiger partial charge in [-0.05, 0) is 59.7 Å². The number of fused-ring (bicyclic) bond motifs is 1. The van der Waals surface area contributed by atoms with Crippen molar-refractivity contribution in [3.63, 3.8) is 0 Å². The molecule has 182 valence electrons. The molecule has 8 nitrogen and oxygen atoms in total. The van der Waals surface area contributed by atoms with Gasteiger partial charge >= 0.3 is 0 Å². The van der Waals surface area contributed by atoms with Crippen LogP contribution >= 0.6 is 11.6 Å². The van der Waals surface area contributed by atoms with Gasteiger partial charge in [0.15, 0.2) is 11.5 Å². The molecule has 36 heavy (non-hydrogen) atoms. The number of hydrogen-bond acceptors (Lipinski definition) is 6. The van der Waals surface area contributed by atoms with Crippen molar-refractivity contribution in [1.29, 1.82) is 0 Å². The summed E-state index contributed by atoms with van der Waals surface area (Å²) in [5.41, 5.74) is 2.81. The van der Waals surface area contributed by atoms with Crippen LogP contribution in [0.3, 0.4) is 0 Å². The van der Waals surface area contributed by atoms with Crippen molar-refractivity contribution in [3.8, 4) is 11.5 Å². The summed E-state index contributed by atoms with van der Waals surface area (Å²) in [4.78, 5) is 17.4. The molecule has 0 fully saturated rings. The average Bonchev–Trinajstić information content (AvgIpc) is 3.31. The van der Waals surface area contributed by atoms with Gasteiger partial charge in [0.05, 0.1) is 14.2 Å². The molecule has 0 aliphatic carbocycles. The van der Waals surface area contributed by atoms with Gasteiger partial charge in [-0.15, -0.1) is 5.10 Å². The molecular formula is C26H21ClFN5O3. The number of anilines is 2. The third-order valence-corrected chi connectivity index (χ3v) is 5.96. The summed E-state index contributed by atoms with van der Waals surface area (Å²) in [6.07, 6.45) is 1.96. The number of benzene rings is 3. The van der Waals surface area contributed by atoms with E-state index in [4.69, 9.17) is 21.1 Å². The van der Waals surface area contributed by atoms with E-state index >= 15 is 0 Å². The predicted molar refractivity (Wildman–Crippen MR) is 135 cm³/mol. The van der Waals surface area contributed by atoms with Gasteiger partial charge in [0.1, 0.15) is 11.9 Å². The fraction of sp³-hybridized carbons (Fsp3) is 0.115. The number of halogens is 2. The minimum atomic E-state index is -0.414. The van der Waals surface area contributed by atoms with Gasteiger partial charge in [-0.1, -0.05) is 35.9 Å². The highest BCUT2D eigenvalue weighted by molar-refractivity contribution is 6.30. The Kier molecular flexibility index (Phi) is 6.30. The Morgan fingerprint density at radius 1 is 1.03 bits per heavy atom. The fourth-order valence-corrected chi connectivity index (χ4v) is 4.02. The smallest absolute Gasteiger partial charge is 0.258 e. The van der Waals surface area contributed by atoms with Gasteiger partial charge in [0.2, 0.25) is 5.95 Å². The number of allylic oxidation sites excluding steroid dienone is 1. The molecule has 0 saturated carbocycles. The van der Waals surface area contributed by atoms with Crippen molar-refractivity contribution >= 4 is 35.1 Å². The normalized spacial score (nSPS) is 14.3. The van der Waals surface area contributed by atoms with Crippen molar-refractivity contribution in [1.82, 2.24) is 14.8 Å². The van der Waals surface area contributed by atoms with E-state index in [1.165, 1.54) is 26.4 Å². The lowest BCUT2D eigenvalue weighted by Crippen LogP contribution is -2.20. The Bertz CT molecular complexity index is 1450. The summed E-state index contributed by atoms with van der Waals surface area (Å²) in [6.45, 7) is 0. The van der Waals surface area contributed by atoms with Crippen LogP contribution in [0, 0.1) is 5.82 Å². The Hall–Kier alpha value is -4.37. The second-order valence-corrected chi connectivity index (χ2v) is 8.37. The second kappa shape index (κ2) is 9.71. The SMILES string of the molecule is COc1ccc(C(=O)Nc2nc3n(n2)C(c2ccc(F)cc2)C=C(c2ccc(Cl)cc2)N3)cc1OC. The maximum absolute atomic E-state index is 13.6. The Labute approximate surface area is 211 Å². The highest BCUT2D eigenvalue weighted by Gasteiger charge is 2.26. The first-order valence-corrected chi connectivity index (χ1v) is 11.3. The van der Waals surface area contributed by atoms with Crippen LogP contribution in [0.1, 0.15) is 27.5 Å². The summed E-state index contributed by atoms with van der Waals surface area (Å²) < 4.78 is 25.7. The summed E-state index contributed by atoms with van der Waals surface area (Å²) in [7, 11) is 3.02. The van der Waals surface area contributed by atoms with Crippen LogP contribution in [-0.2, 0) is 0 Å². The number of rotatable bonds is 6. The van der Waals surface area contributed by atoms with Gasteiger partial charge in [0.25, 0.3) is 11.9 Å². The molecule has 10 heteroatoms. The second-order valence-electron chi connectivity index (χ2n) is 7.94. The molecule has 1 atom stereocenters.